The molecule has 0 heterocycles. The van der Waals surface area contributed by atoms with Crippen molar-refractivity contribution in [2.75, 3.05) is 27.4 Å². The van der Waals surface area contributed by atoms with Gasteiger partial charge in [0.25, 0.3) is 0 Å². The summed E-state index contributed by atoms with van der Waals surface area (Å²) >= 11 is 0. The highest BCUT2D eigenvalue weighted by atomic mass is 16.5. The third kappa shape index (κ3) is 5.09. The summed E-state index contributed by atoms with van der Waals surface area (Å²) in [5, 5.41) is 0. The van der Waals surface area contributed by atoms with Crippen molar-refractivity contribution in [2.45, 2.75) is 32.3 Å². The minimum atomic E-state index is -0.178. The van der Waals surface area contributed by atoms with Crippen LogP contribution in [0.5, 0.6) is 11.5 Å². The molecule has 0 spiro atoms. The number of hydrogen-bond donors (Lipinski definition) is 1. The number of methoxy groups -OCH3 is 2. The maximum absolute atomic E-state index is 5.81. The molecule has 0 aliphatic heterocycles. The molecule has 4 heteroatoms. The molecule has 0 unspecified atom stereocenters. The van der Waals surface area contributed by atoms with Gasteiger partial charge in [-0.3, -0.25) is 0 Å². The molecule has 1 aromatic carbocycles. The predicted octanol–water partition coefficient (Wildman–Crippen LogP) is 2.39. The summed E-state index contributed by atoms with van der Waals surface area (Å²) in [6.45, 7) is 5.29. The first-order valence-electron chi connectivity index (χ1n) is 6.57. The highest BCUT2D eigenvalue weighted by molar-refractivity contribution is 5.43. The predicted molar refractivity (Wildman–Crippen MR) is 77.0 cm³/mol. The molecule has 0 saturated heterocycles. The van der Waals surface area contributed by atoms with Crippen LogP contribution in [-0.4, -0.2) is 33.0 Å². The minimum absolute atomic E-state index is 0.178. The molecule has 0 aliphatic rings. The van der Waals surface area contributed by atoms with Crippen molar-refractivity contribution < 1.29 is 14.2 Å². The van der Waals surface area contributed by atoms with Gasteiger partial charge in [0.2, 0.25) is 0 Å². The summed E-state index contributed by atoms with van der Waals surface area (Å²) in [6, 6.07) is 5.92. The van der Waals surface area contributed by atoms with Crippen LogP contribution >= 0.6 is 0 Å². The molecule has 0 aliphatic carbocycles. The number of ether oxygens (including phenoxy) is 3. The Balaban J connectivity index is 2.67. The van der Waals surface area contributed by atoms with Crippen LogP contribution in [0.2, 0.25) is 0 Å². The second kappa shape index (κ2) is 7.36. The fraction of sp³-hybridized carbons (Fsp3) is 0.600. The van der Waals surface area contributed by atoms with E-state index in [9.17, 15) is 0 Å². The third-order valence-electron chi connectivity index (χ3n) is 3.18. The summed E-state index contributed by atoms with van der Waals surface area (Å²) in [6.07, 6.45) is 1.65. The lowest BCUT2D eigenvalue weighted by molar-refractivity contribution is 0.00525. The lowest BCUT2D eigenvalue weighted by Crippen LogP contribution is -2.25. The van der Waals surface area contributed by atoms with Crippen molar-refractivity contribution >= 4 is 0 Å². The van der Waals surface area contributed by atoms with Gasteiger partial charge < -0.3 is 19.9 Å². The summed E-state index contributed by atoms with van der Waals surface area (Å²) in [4.78, 5) is 0. The molecular formula is C15H25NO3. The third-order valence-corrected chi connectivity index (χ3v) is 3.18. The topological polar surface area (TPSA) is 53.7 Å². The molecule has 19 heavy (non-hydrogen) atoms. The molecule has 0 bridgehead atoms. The van der Waals surface area contributed by atoms with Crippen molar-refractivity contribution in [3.05, 3.63) is 23.8 Å². The molecule has 1 rings (SSSR count). The summed E-state index contributed by atoms with van der Waals surface area (Å²) < 4.78 is 16.5. The Morgan fingerprint density at radius 3 is 2.47 bits per heavy atom. The van der Waals surface area contributed by atoms with Crippen LogP contribution in [0.15, 0.2) is 18.2 Å². The number of hydrogen-bond acceptors (Lipinski definition) is 4. The minimum Gasteiger partial charge on any atom is -0.493 e. The largest absolute Gasteiger partial charge is 0.493 e. The van der Waals surface area contributed by atoms with Gasteiger partial charge in [0.15, 0.2) is 11.5 Å². The zero-order valence-corrected chi connectivity index (χ0v) is 12.4. The van der Waals surface area contributed by atoms with Gasteiger partial charge in [0.1, 0.15) is 0 Å². The van der Waals surface area contributed by atoms with Gasteiger partial charge in [0.05, 0.1) is 19.3 Å². The average molecular weight is 267 g/mol. The molecule has 1 aromatic rings. The van der Waals surface area contributed by atoms with Gasteiger partial charge in [0, 0.05) is 13.5 Å². The molecule has 108 valence electrons. The molecule has 0 radical (unpaired) electrons. The zero-order chi connectivity index (χ0) is 14.3. The van der Waals surface area contributed by atoms with E-state index in [2.05, 4.69) is 0 Å². The molecule has 2 N–H and O–H groups in total. The van der Waals surface area contributed by atoms with Crippen LogP contribution in [0, 0.1) is 0 Å². The fourth-order valence-corrected chi connectivity index (χ4v) is 1.66. The smallest absolute Gasteiger partial charge is 0.161 e. The lowest BCUT2D eigenvalue weighted by Gasteiger charge is -2.23. The quantitative estimate of drug-likeness (QED) is 0.785. The number of benzene rings is 1. The van der Waals surface area contributed by atoms with Gasteiger partial charge in [-0.1, -0.05) is 6.07 Å². The molecule has 0 saturated carbocycles. The van der Waals surface area contributed by atoms with E-state index in [4.69, 9.17) is 19.9 Å². The van der Waals surface area contributed by atoms with Crippen LogP contribution < -0.4 is 15.2 Å². The monoisotopic (exact) mass is 267 g/mol. The molecule has 0 atom stereocenters. The summed E-state index contributed by atoms with van der Waals surface area (Å²) in [5.41, 5.74) is 6.55. The fourth-order valence-electron chi connectivity index (χ4n) is 1.66. The molecular weight excluding hydrogens is 242 g/mol. The highest BCUT2D eigenvalue weighted by Gasteiger charge is 2.16. The first-order chi connectivity index (χ1) is 9.02. The van der Waals surface area contributed by atoms with Crippen molar-refractivity contribution in [3.8, 4) is 11.5 Å². The van der Waals surface area contributed by atoms with E-state index in [1.54, 1.807) is 14.2 Å². The first-order valence-corrected chi connectivity index (χ1v) is 6.57. The van der Waals surface area contributed by atoms with E-state index in [-0.39, 0.29) is 5.60 Å². The number of nitrogens with two attached hydrogens (primary N) is 1. The Hall–Kier alpha value is -1.26. The van der Waals surface area contributed by atoms with Crippen LogP contribution in [0.25, 0.3) is 0 Å². The van der Waals surface area contributed by atoms with Crippen molar-refractivity contribution in [3.63, 3.8) is 0 Å². The van der Waals surface area contributed by atoms with Crippen LogP contribution in [-0.2, 0) is 11.2 Å². The van der Waals surface area contributed by atoms with Gasteiger partial charge in [-0.25, -0.2) is 0 Å². The SMILES string of the molecule is COc1ccc(CCN)cc1OCCC(C)(C)OC. The summed E-state index contributed by atoms with van der Waals surface area (Å²) in [5.74, 6) is 1.51. The lowest BCUT2D eigenvalue weighted by atomic mass is 10.1. The van der Waals surface area contributed by atoms with E-state index in [1.807, 2.05) is 32.0 Å². The molecule has 0 amide bonds. The van der Waals surface area contributed by atoms with Gasteiger partial charge in [-0.15, -0.1) is 0 Å². The van der Waals surface area contributed by atoms with Gasteiger partial charge >= 0.3 is 0 Å². The molecule has 4 nitrogen and oxygen atoms in total. The van der Waals surface area contributed by atoms with E-state index in [0.717, 1.165) is 29.9 Å². The highest BCUT2D eigenvalue weighted by Crippen LogP contribution is 2.28. The van der Waals surface area contributed by atoms with Crippen molar-refractivity contribution in [2.24, 2.45) is 5.73 Å². The Morgan fingerprint density at radius 1 is 1.16 bits per heavy atom. The molecule has 0 aromatic heterocycles. The normalized spacial score (nSPS) is 11.4. The van der Waals surface area contributed by atoms with E-state index < -0.39 is 0 Å². The van der Waals surface area contributed by atoms with Crippen molar-refractivity contribution in [1.29, 1.82) is 0 Å². The van der Waals surface area contributed by atoms with E-state index in [0.29, 0.717) is 13.2 Å². The van der Waals surface area contributed by atoms with Gasteiger partial charge in [-0.05, 0) is 44.5 Å². The van der Waals surface area contributed by atoms with Crippen molar-refractivity contribution in [1.82, 2.24) is 0 Å². The second-order valence-electron chi connectivity index (χ2n) is 5.09. The van der Waals surface area contributed by atoms with Crippen LogP contribution in [0.3, 0.4) is 0 Å². The summed E-state index contributed by atoms with van der Waals surface area (Å²) in [7, 11) is 3.35. The maximum atomic E-state index is 5.81. The Bertz CT molecular complexity index is 391. The number of rotatable bonds is 8. The second-order valence-corrected chi connectivity index (χ2v) is 5.09. The average Bonchev–Trinajstić information content (AvgIpc) is 2.39. The molecule has 0 fully saturated rings. The van der Waals surface area contributed by atoms with Gasteiger partial charge in [-0.2, -0.15) is 0 Å². The Morgan fingerprint density at radius 2 is 1.89 bits per heavy atom. The van der Waals surface area contributed by atoms with Crippen LogP contribution in [0.4, 0.5) is 0 Å². The Labute approximate surface area is 115 Å². The van der Waals surface area contributed by atoms with E-state index >= 15 is 0 Å². The van der Waals surface area contributed by atoms with E-state index in [1.165, 1.54) is 0 Å². The first kappa shape index (κ1) is 15.8. The Kier molecular flexibility index (Phi) is 6.12. The van der Waals surface area contributed by atoms with Crippen LogP contribution in [0.1, 0.15) is 25.8 Å². The maximum Gasteiger partial charge on any atom is 0.161 e. The zero-order valence-electron chi connectivity index (χ0n) is 12.4. The standard InChI is InChI=1S/C15H25NO3/c1-15(2,18-4)8-10-19-14-11-12(7-9-16)5-6-13(14)17-3/h5-6,11H,7-10,16H2,1-4H3.